The van der Waals surface area contributed by atoms with Gasteiger partial charge in [0.25, 0.3) is 0 Å². The van der Waals surface area contributed by atoms with Crippen LogP contribution < -0.4 is 10.5 Å². The van der Waals surface area contributed by atoms with Crippen molar-refractivity contribution in [2.24, 2.45) is 11.7 Å². The van der Waals surface area contributed by atoms with E-state index in [1.54, 1.807) is 0 Å². The molecule has 0 fully saturated rings. The molecule has 1 rings (SSSR count). The second-order valence-electron chi connectivity index (χ2n) is 4.77. The number of rotatable bonds is 6. The fraction of sp³-hybridized carbons (Fsp3) is 0.571. The van der Waals surface area contributed by atoms with E-state index < -0.39 is 0 Å². The Morgan fingerprint density at radius 3 is 2.59 bits per heavy atom. The van der Waals surface area contributed by atoms with Crippen molar-refractivity contribution in [1.82, 2.24) is 0 Å². The quantitative estimate of drug-likeness (QED) is 0.851. The predicted octanol–water partition coefficient (Wildman–Crippen LogP) is 4.28. The second kappa shape index (κ2) is 7.02. The summed E-state index contributed by atoms with van der Waals surface area (Å²) >= 11 is 3.53. The molecule has 0 aliphatic rings. The van der Waals surface area contributed by atoms with Crippen LogP contribution in [0.25, 0.3) is 0 Å². The van der Waals surface area contributed by atoms with Crippen LogP contribution in [-0.4, -0.2) is 6.61 Å². The van der Waals surface area contributed by atoms with E-state index in [1.165, 1.54) is 0 Å². The van der Waals surface area contributed by atoms with Crippen LogP contribution in [0.2, 0.25) is 0 Å². The number of hydrogen-bond acceptors (Lipinski definition) is 2. The van der Waals surface area contributed by atoms with E-state index in [0.29, 0.717) is 5.92 Å². The smallest absolute Gasteiger partial charge is 0.133 e. The number of benzene rings is 1. The van der Waals surface area contributed by atoms with E-state index in [-0.39, 0.29) is 6.04 Å². The van der Waals surface area contributed by atoms with Crippen LogP contribution in [0, 0.1) is 5.92 Å². The number of ether oxygens (including phenoxy) is 1. The zero-order chi connectivity index (χ0) is 12.8. The van der Waals surface area contributed by atoms with Gasteiger partial charge in [-0.2, -0.15) is 0 Å². The second-order valence-corrected chi connectivity index (χ2v) is 5.63. The fourth-order valence-electron chi connectivity index (χ4n) is 1.72. The molecular weight excluding hydrogens is 278 g/mol. The first-order chi connectivity index (χ1) is 8.04. The van der Waals surface area contributed by atoms with E-state index in [4.69, 9.17) is 10.5 Å². The van der Waals surface area contributed by atoms with Crippen molar-refractivity contribution in [1.29, 1.82) is 0 Å². The predicted molar refractivity (Wildman–Crippen MR) is 76.3 cm³/mol. The van der Waals surface area contributed by atoms with Gasteiger partial charge in [0.05, 0.1) is 11.1 Å². The lowest BCUT2D eigenvalue weighted by atomic mass is 9.98. The molecule has 2 N–H and O–H groups in total. The Morgan fingerprint density at radius 2 is 2.06 bits per heavy atom. The molecule has 0 radical (unpaired) electrons. The molecule has 0 amide bonds. The van der Waals surface area contributed by atoms with Crippen LogP contribution in [0.5, 0.6) is 5.75 Å². The molecule has 0 aliphatic heterocycles. The van der Waals surface area contributed by atoms with Crippen molar-refractivity contribution in [2.45, 2.75) is 39.7 Å². The summed E-state index contributed by atoms with van der Waals surface area (Å²) in [6.45, 7) is 7.22. The van der Waals surface area contributed by atoms with Crippen LogP contribution in [0.15, 0.2) is 22.7 Å². The first kappa shape index (κ1) is 14.5. The highest BCUT2D eigenvalue weighted by Crippen LogP contribution is 2.29. The van der Waals surface area contributed by atoms with Gasteiger partial charge in [-0.25, -0.2) is 0 Å². The fourth-order valence-corrected chi connectivity index (χ4v) is 2.23. The molecule has 0 saturated heterocycles. The maximum atomic E-state index is 6.15. The Kier molecular flexibility index (Phi) is 6.00. The SMILES string of the molecule is CCCOc1ccc(C(N)CC(C)C)cc1Br. The molecule has 1 unspecified atom stereocenters. The van der Waals surface area contributed by atoms with Gasteiger partial charge in [-0.15, -0.1) is 0 Å². The summed E-state index contributed by atoms with van der Waals surface area (Å²) in [6, 6.07) is 6.22. The van der Waals surface area contributed by atoms with Gasteiger partial charge in [0.1, 0.15) is 5.75 Å². The molecule has 0 bridgehead atoms. The maximum Gasteiger partial charge on any atom is 0.133 e. The van der Waals surface area contributed by atoms with Crippen LogP contribution in [-0.2, 0) is 0 Å². The molecule has 1 aromatic carbocycles. The summed E-state index contributed by atoms with van der Waals surface area (Å²) in [7, 11) is 0. The van der Waals surface area contributed by atoms with Gasteiger partial charge in [-0.3, -0.25) is 0 Å². The van der Waals surface area contributed by atoms with E-state index in [2.05, 4.69) is 48.8 Å². The van der Waals surface area contributed by atoms with Gasteiger partial charge in [0.15, 0.2) is 0 Å². The monoisotopic (exact) mass is 299 g/mol. The van der Waals surface area contributed by atoms with Gasteiger partial charge in [-0.1, -0.05) is 26.8 Å². The standard InChI is InChI=1S/C14H22BrNO/c1-4-7-17-14-6-5-11(9-12(14)15)13(16)8-10(2)3/h5-6,9-10,13H,4,7-8,16H2,1-3H3. The highest BCUT2D eigenvalue weighted by molar-refractivity contribution is 9.10. The third kappa shape index (κ3) is 4.68. The van der Waals surface area contributed by atoms with Gasteiger partial charge in [0.2, 0.25) is 0 Å². The van der Waals surface area contributed by atoms with Gasteiger partial charge in [-0.05, 0) is 52.4 Å². The summed E-state index contributed by atoms with van der Waals surface area (Å²) in [5.74, 6) is 1.51. The molecule has 0 spiro atoms. The average molecular weight is 300 g/mol. The molecule has 1 aromatic rings. The zero-order valence-electron chi connectivity index (χ0n) is 10.9. The molecule has 2 nitrogen and oxygen atoms in total. The lowest BCUT2D eigenvalue weighted by Crippen LogP contribution is -2.13. The molecule has 96 valence electrons. The third-order valence-corrected chi connectivity index (χ3v) is 3.19. The van der Waals surface area contributed by atoms with Crippen molar-refractivity contribution in [3.8, 4) is 5.75 Å². The maximum absolute atomic E-state index is 6.15. The van der Waals surface area contributed by atoms with Crippen molar-refractivity contribution in [3.05, 3.63) is 28.2 Å². The summed E-state index contributed by atoms with van der Waals surface area (Å²) in [5, 5.41) is 0. The molecule has 0 aliphatic carbocycles. The Bertz CT molecular complexity index is 352. The molecule has 3 heteroatoms. The highest BCUT2D eigenvalue weighted by Gasteiger charge is 2.10. The summed E-state index contributed by atoms with van der Waals surface area (Å²) in [6.07, 6.45) is 2.02. The molecular formula is C14H22BrNO. The topological polar surface area (TPSA) is 35.2 Å². The normalized spacial score (nSPS) is 12.8. The number of halogens is 1. The zero-order valence-corrected chi connectivity index (χ0v) is 12.5. The summed E-state index contributed by atoms with van der Waals surface area (Å²) in [4.78, 5) is 0. The van der Waals surface area contributed by atoms with E-state index in [1.807, 2.05) is 6.07 Å². The third-order valence-electron chi connectivity index (χ3n) is 2.57. The van der Waals surface area contributed by atoms with Crippen LogP contribution in [0.3, 0.4) is 0 Å². The van der Waals surface area contributed by atoms with Crippen molar-refractivity contribution < 1.29 is 4.74 Å². The lowest BCUT2D eigenvalue weighted by Gasteiger charge is -2.16. The summed E-state index contributed by atoms with van der Waals surface area (Å²) in [5.41, 5.74) is 7.31. The van der Waals surface area contributed by atoms with Crippen LogP contribution in [0.4, 0.5) is 0 Å². The first-order valence-electron chi connectivity index (χ1n) is 6.22. The largest absolute Gasteiger partial charge is 0.492 e. The van der Waals surface area contributed by atoms with Crippen molar-refractivity contribution >= 4 is 15.9 Å². The Hall–Kier alpha value is -0.540. The van der Waals surface area contributed by atoms with Crippen LogP contribution in [0.1, 0.15) is 45.2 Å². The van der Waals surface area contributed by atoms with Gasteiger partial charge in [0, 0.05) is 6.04 Å². The molecule has 0 aromatic heterocycles. The Balaban J connectivity index is 2.73. The molecule has 17 heavy (non-hydrogen) atoms. The van der Waals surface area contributed by atoms with E-state index in [0.717, 1.165) is 35.2 Å². The van der Waals surface area contributed by atoms with Crippen LogP contribution >= 0.6 is 15.9 Å². The highest BCUT2D eigenvalue weighted by atomic mass is 79.9. The number of nitrogens with two attached hydrogens (primary N) is 1. The van der Waals surface area contributed by atoms with Gasteiger partial charge < -0.3 is 10.5 Å². The molecule has 0 heterocycles. The van der Waals surface area contributed by atoms with E-state index >= 15 is 0 Å². The minimum atomic E-state index is 0.103. The molecule has 0 saturated carbocycles. The van der Waals surface area contributed by atoms with Crippen molar-refractivity contribution in [2.75, 3.05) is 6.61 Å². The van der Waals surface area contributed by atoms with Crippen molar-refractivity contribution in [3.63, 3.8) is 0 Å². The first-order valence-corrected chi connectivity index (χ1v) is 7.01. The average Bonchev–Trinajstić information content (AvgIpc) is 2.26. The molecule has 1 atom stereocenters. The lowest BCUT2D eigenvalue weighted by molar-refractivity contribution is 0.315. The number of hydrogen-bond donors (Lipinski definition) is 1. The Morgan fingerprint density at radius 1 is 1.35 bits per heavy atom. The minimum Gasteiger partial charge on any atom is -0.492 e. The van der Waals surface area contributed by atoms with Gasteiger partial charge >= 0.3 is 0 Å². The minimum absolute atomic E-state index is 0.103. The Labute approximate surface area is 113 Å². The summed E-state index contributed by atoms with van der Waals surface area (Å²) < 4.78 is 6.60. The van der Waals surface area contributed by atoms with E-state index in [9.17, 15) is 0 Å².